The third kappa shape index (κ3) is 1.50. The number of thiazole rings is 1. The summed E-state index contributed by atoms with van der Waals surface area (Å²) in [5, 5.41) is 0.845. The van der Waals surface area contributed by atoms with Gasteiger partial charge in [-0.05, 0) is 13.0 Å². The zero-order chi connectivity index (χ0) is 9.26. The standard InChI is InChI=1S/C8H8N4S/c1-5-7(9)12-8(13-5)6-2-3-10-4-11-6/h2-4H,9H2,1H3. The minimum Gasteiger partial charge on any atom is -0.383 e. The molecule has 13 heavy (non-hydrogen) atoms. The summed E-state index contributed by atoms with van der Waals surface area (Å²) < 4.78 is 0. The van der Waals surface area contributed by atoms with Crippen molar-refractivity contribution in [1.82, 2.24) is 15.0 Å². The molecule has 0 aliphatic carbocycles. The van der Waals surface area contributed by atoms with Crippen molar-refractivity contribution >= 4 is 17.2 Å². The van der Waals surface area contributed by atoms with Gasteiger partial charge in [0.1, 0.15) is 22.8 Å². The topological polar surface area (TPSA) is 64.7 Å². The highest BCUT2D eigenvalue weighted by atomic mass is 32.1. The van der Waals surface area contributed by atoms with E-state index in [4.69, 9.17) is 5.73 Å². The lowest BCUT2D eigenvalue weighted by Crippen LogP contribution is -1.87. The minimum absolute atomic E-state index is 0.582. The smallest absolute Gasteiger partial charge is 0.144 e. The molecule has 0 unspecified atom stereocenters. The second-order valence-electron chi connectivity index (χ2n) is 2.56. The van der Waals surface area contributed by atoms with Crippen LogP contribution in [0, 0.1) is 6.92 Å². The normalized spacial score (nSPS) is 10.2. The molecule has 0 fully saturated rings. The highest BCUT2D eigenvalue weighted by molar-refractivity contribution is 7.15. The maximum atomic E-state index is 5.63. The number of nitrogens with zero attached hydrogens (tertiary/aromatic N) is 3. The van der Waals surface area contributed by atoms with Gasteiger partial charge in [-0.15, -0.1) is 11.3 Å². The summed E-state index contributed by atoms with van der Waals surface area (Å²) in [7, 11) is 0. The molecule has 0 aliphatic rings. The lowest BCUT2D eigenvalue weighted by molar-refractivity contribution is 1.16. The number of aryl methyl sites for hydroxylation is 1. The SMILES string of the molecule is Cc1sc(-c2ccncn2)nc1N. The minimum atomic E-state index is 0.582. The van der Waals surface area contributed by atoms with Crippen LogP contribution in [-0.2, 0) is 0 Å². The lowest BCUT2D eigenvalue weighted by Gasteiger charge is -1.90. The van der Waals surface area contributed by atoms with Crippen LogP contribution in [0.4, 0.5) is 5.82 Å². The van der Waals surface area contributed by atoms with Gasteiger partial charge in [-0.1, -0.05) is 0 Å². The highest BCUT2D eigenvalue weighted by Gasteiger charge is 2.06. The molecule has 5 heteroatoms. The van der Waals surface area contributed by atoms with Crippen molar-refractivity contribution in [3.63, 3.8) is 0 Å². The molecular formula is C8H8N4S. The molecule has 0 saturated heterocycles. The number of hydrogen-bond acceptors (Lipinski definition) is 5. The van der Waals surface area contributed by atoms with Gasteiger partial charge in [0.05, 0.1) is 0 Å². The van der Waals surface area contributed by atoms with E-state index in [0.29, 0.717) is 5.82 Å². The van der Waals surface area contributed by atoms with E-state index < -0.39 is 0 Å². The Hall–Kier alpha value is -1.49. The average molecular weight is 192 g/mol. The van der Waals surface area contributed by atoms with E-state index in [1.54, 1.807) is 17.5 Å². The summed E-state index contributed by atoms with van der Waals surface area (Å²) in [6, 6.07) is 1.82. The summed E-state index contributed by atoms with van der Waals surface area (Å²) in [6.07, 6.45) is 3.19. The van der Waals surface area contributed by atoms with Crippen LogP contribution in [0.15, 0.2) is 18.6 Å². The molecule has 0 spiro atoms. The van der Waals surface area contributed by atoms with Crippen LogP contribution in [-0.4, -0.2) is 15.0 Å². The summed E-state index contributed by atoms with van der Waals surface area (Å²) in [4.78, 5) is 13.1. The van der Waals surface area contributed by atoms with Crippen molar-refractivity contribution in [1.29, 1.82) is 0 Å². The maximum absolute atomic E-state index is 5.63. The molecule has 2 heterocycles. The van der Waals surface area contributed by atoms with Gasteiger partial charge >= 0.3 is 0 Å². The van der Waals surface area contributed by atoms with E-state index in [9.17, 15) is 0 Å². The van der Waals surface area contributed by atoms with Crippen molar-refractivity contribution < 1.29 is 0 Å². The molecule has 0 bridgehead atoms. The van der Waals surface area contributed by atoms with Crippen molar-refractivity contribution in [3.05, 3.63) is 23.5 Å². The molecule has 2 rings (SSSR count). The van der Waals surface area contributed by atoms with Gasteiger partial charge in [0.15, 0.2) is 0 Å². The van der Waals surface area contributed by atoms with Gasteiger partial charge in [0.25, 0.3) is 0 Å². The van der Waals surface area contributed by atoms with E-state index in [1.165, 1.54) is 6.33 Å². The summed E-state index contributed by atoms with van der Waals surface area (Å²) >= 11 is 1.54. The largest absolute Gasteiger partial charge is 0.383 e. The highest BCUT2D eigenvalue weighted by Crippen LogP contribution is 2.26. The van der Waals surface area contributed by atoms with Crippen LogP contribution < -0.4 is 5.73 Å². The van der Waals surface area contributed by atoms with Gasteiger partial charge < -0.3 is 5.73 Å². The molecule has 0 saturated carbocycles. The van der Waals surface area contributed by atoms with Crippen LogP contribution in [0.2, 0.25) is 0 Å². The summed E-state index contributed by atoms with van der Waals surface area (Å²) in [5.74, 6) is 0.582. The molecule has 0 aliphatic heterocycles. The lowest BCUT2D eigenvalue weighted by atomic mass is 10.4. The van der Waals surface area contributed by atoms with Crippen molar-refractivity contribution in [2.75, 3.05) is 5.73 Å². The average Bonchev–Trinajstić information content (AvgIpc) is 2.49. The van der Waals surface area contributed by atoms with E-state index in [-0.39, 0.29) is 0 Å². The van der Waals surface area contributed by atoms with Gasteiger partial charge in [0, 0.05) is 11.1 Å². The number of nitrogen functional groups attached to an aromatic ring is 1. The second-order valence-corrected chi connectivity index (χ2v) is 3.76. The molecule has 2 N–H and O–H groups in total. The van der Waals surface area contributed by atoms with E-state index in [1.807, 2.05) is 13.0 Å². The fourth-order valence-corrected chi connectivity index (χ4v) is 1.74. The predicted molar refractivity (Wildman–Crippen MR) is 52.3 cm³/mol. The zero-order valence-corrected chi connectivity index (χ0v) is 7.88. The molecule has 4 nitrogen and oxygen atoms in total. The van der Waals surface area contributed by atoms with Gasteiger partial charge in [-0.25, -0.2) is 15.0 Å². The van der Waals surface area contributed by atoms with Crippen LogP contribution in [0.1, 0.15) is 4.88 Å². The molecule has 0 atom stereocenters. The Morgan fingerprint density at radius 3 is 2.85 bits per heavy atom. The number of rotatable bonds is 1. The molecule has 66 valence electrons. The molecule has 0 amide bonds. The molecule has 0 radical (unpaired) electrons. The first kappa shape index (κ1) is 8.12. The van der Waals surface area contributed by atoms with Crippen molar-refractivity contribution in [2.45, 2.75) is 6.92 Å². The summed E-state index contributed by atoms with van der Waals surface area (Å²) in [6.45, 7) is 1.94. The Morgan fingerprint density at radius 2 is 2.31 bits per heavy atom. The second kappa shape index (κ2) is 3.10. The third-order valence-electron chi connectivity index (χ3n) is 1.63. The maximum Gasteiger partial charge on any atom is 0.144 e. The first-order valence-electron chi connectivity index (χ1n) is 3.76. The van der Waals surface area contributed by atoms with E-state index >= 15 is 0 Å². The van der Waals surface area contributed by atoms with Gasteiger partial charge in [0.2, 0.25) is 0 Å². The van der Waals surface area contributed by atoms with E-state index in [0.717, 1.165) is 15.6 Å². The first-order valence-corrected chi connectivity index (χ1v) is 4.58. The van der Waals surface area contributed by atoms with Crippen LogP contribution in [0.3, 0.4) is 0 Å². The van der Waals surface area contributed by atoms with Crippen LogP contribution in [0.5, 0.6) is 0 Å². The van der Waals surface area contributed by atoms with Crippen molar-refractivity contribution in [2.24, 2.45) is 0 Å². The number of anilines is 1. The van der Waals surface area contributed by atoms with Crippen LogP contribution in [0.25, 0.3) is 10.7 Å². The van der Waals surface area contributed by atoms with Crippen molar-refractivity contribution in [3.8, 4) is 10.7 Å². The fraction of sp³-hybridized carbons (Fsp3) is 0.125. The Bertz CT molecular complexity index is 390. The molecular weight excluding hydrogens is 184 g/mol. The van der Waals surface area contributed by atoms with Gasteiger partial charge in [-0.2, -0.15) is 0 Å². The molecule has 0 aromatic carbocycles. The molecule has 2 aromatic rings. The number of aromatic nitrogens is 3. The Labute approximate surface area is 79.5 Å². The van der Waals surface area contributed by atoms with Gasteiger partial charge in [-0.3, -0.25) is 0 Å². The Kier molecular flexibility index (Phi) is 1.94. The fourth-order valence-electron chi connectivity index (χ4n) is 0.935. The number of hydrogen-bond donors (Lipinski definition) is 1. The van der Waals surface area contributed by atoms with Crippen LogP contribution >= 0.6 is 11.3 Å². The summed E-state index contributed by atoms with van der Waals surface area (Å²) in [5.41, 5.74) is 6.45. The third-order valence-corrected chi connectivity index (χ3v) is 2.64. The zero-order valence-electron chi connectivity index (χ0n) is 7.06. The number of nitrogens with two attached hydrogens (primary N) is 1. The Balaban J connectivity index is 2.48. The Morgan fingerprint density at radius 1 is 1.46 bits per heavy atom. The quantitative estimate of drug-likeness (QED) is 0.743. The molecule has 2 aromatic heterocycles. The predicted octanol–water partition coefficient (Wildman–Crippen LogP) is 1.49. The van der Waals surface area contributed by atoms with E-state index in [2.05, 4.69) is 15.0 Å². The first-order chi connectivity index (χ1) is 6.27. The monoisotopic (exact) mass is 192 g/mol.